The van der Waals surface area contributed by atoms with Crippen LogP contribution in [0.25, 0.3) is 0 Å². The largest absolute Gasteiger partial charge is 0.481 e. The van der Waals surface area contributed by atoms with E-state index in [0.29, 0.717) is 6.42 Å². The molecule has 2 atom stereocenters. The van der Waals surface area contributed by atoms with Crippen molar-refractivity contribution in [3.05, 3.63) is 0 Å². The van der Waals surface area contributed by atoms with Crippen LogP contribution in [0.1, 0.15) is 117 Å². The summed E-state index contributed by atoms with van der Waals surface area (Å²) >= 11 is 0. The highest BCUT2D eigenvalue weighted by Crippen LogP contribution is 2.13. The summed E-state index contributed by atoms with van der Waals surface area (Å²) in [6.45, 7) is 3.70. The molecule has 0 aliphatic rings. The third-order valence-electron chi connectivity index (χ3n) is 4.52. The zero-order valence-corrected chi connectivity index (χ0v) is 18.1. The number of aliphatic carboxylic acids is 2. The Balaban J connectivity index is 0. The van der Waals surface area contributed by atoms with Crippen LogP contribution in [-0.2, 0) is 9.59 Å². The van der Waals surface area contributed by atoms with Gasteiger partial charge in [0, 0.05) is 0 Å². The average molecular weight is 405 g/mol. The maximum atomic E-state index is 10.4. The minimum absolute atomic E-state index is 0.113. The molecular formula is C22H44O6. The maximum absolute atomic E-state index is 10.4. The molecule has 168 valence electrons. The number of carboxylic acids is 2. The minimum atomic E-state index is -0.963. The van der Waals surface area contributed by atoms with E-state index in [1.807, 2.05) is 0 Å². The molecule has 0 saturated carbocycles. The van der Waals surface area contributed by atoms with Gasteiger partial charge in [0.05, 0.1) is 25.0 Å². The summed E-state index contributed by atoms with van der Waals surface area (Å²) in [5, 5.41) is 34.2. The summed E-state index contributed by atoms with van der Waals surface area (Å²) in [6, 6.07) is 0. The van der Waals surface area contributed by atoms with Gasteiger partial charge in [-0.25, -0.2) is 0 Å². The first-order valence-electron chi connectivity index (χ1n) is 11.1. The first-order valence-corrected chi connectivity index (χ1v) is 11.1. The first kappa shape index (κ1) is 29.1. The normalized spacial score (nSPS) is 12.7. The van der Waals surface area contributed by atoms with E-state index in [4.69, 9.17) is 15.3 Å². The Labute approximate surface area is 171 Å². The number of aliphatic hydroxyl groups is 2. The van der Waals surface area contributed by atoms with Gasteiger partial charge in [0.1, 0.15) is 0 Å². The molecule has 0 heterocycles. The molecule has 0 aliphatic heterocycles. The van der Waals surface area contributed by atoms with Gasteiger partial charge in [0.15, 0.2) is 0 Å². The minimum Gasteiger partial charge on any atom is -0.481 e. The Morgan fingerprint density at radius 3 is 1.29 bits per heavy atom. The maximum Gasteiger partial charge on any atom is 0.305 e. The molecule has 0 aliphatic carbocycles. The summed E-state index contributed by atoms with van der Waals surface area (Å²) in [7, 11) is 0. The highest BCUT2D eigenvalue weighted by Gasteiger charge is 2.08. The number of aliphatic hydroxyl groups excluding tert-OH is 2. The standard InChI is InChI=1S/C18H36O3.C4H8O3/c1-2-3-4-5-6-7-8-9-10-11-12-13-14-15-17(19)16-18(20)21;1-3(5)2-4(6)7/h17,19H,2-16H2,1H3,(H,20,21);3,5H,2H2,1H3,(H,6,7). The molecule has 4 N–H and O–H groups in total. The third-order valence-corrected chi connectivity index (χ3v) is 4.52. The fourth-order valence-corrected chi connectivity index (χ4v) is 2.95. The fourth-order valence-electron chi connectivity index (χ4n) is 2.95. The van der Waals surface area contributed by atoms with Crippen molar-refractivity contribution >= 4 is 11.9 Å². The van der Waals surface area contributed by atoms with Gasteiger partial charge >= 0.3 is 11.9 Å². The average Bonchev–Trinajstić information content (AvgIpc) is 2.57. The van der Waals surface area contributed by atoms with Crippen molar-refractivity contribution in [3.63, 3.8) is 0 Å². The molecule has 0 amide bonds. The van der Waals surface area contributed by atoms with Crippen LogP contribution in [-0.4, -0.2) is 44.6 Å². The van der Waals surface area contributed by atoms with E-state index in [9.17, 15) is 14.7 Å². The van der Waals surface area contributed by atoms with E-state index in [-0.39, 0.29) is 12.8 Å². The first-order chi connectivity index (χ1) is 13.3. The molecule has 28 heavy (non-hydrogen) atoms. The van der Waals surface area contributed by atoms with E-state index in [1.165, 1.54) is 77.6 Å². The highest BCUT2D eigenvalue weighted by atomic mass is 16.4. The van der Waals surface area contributed by atoms with Crippen LogP contribution in [0.3, 0.4) is 0 Å². The summed E-state index contributed by atoms with van der Waals surface area (Å²) in [4.78, 5) is 20.0. The zero-order chi connectivity index (χ0) is 21.6. The molecule has 0 spiro atoms. The highest BCUT2D eigenvalue weighted by molar-refractivity contribution is 5.67. The molecule has 2 unspecified atom stereocenters. The van der Waals surface area contributed by atoms with Crippen LogP contribution in [0.2, 0.25) is 0 Å². The second-order valence-electron chi connectivity index (χ2n) is 7.73. The van der Waals surface area contributed by atoms with Crippen LogP contribution in [0.15, 0.2) is 0 Å². The number of carboxylic acid groups (broad SMARTS) is 2. The number of unbranched alkanes of at least 4 members (excludes halogenated alkanes) is 12. The quantitative estimate of drug-likeness (QED) is 0.235. The van der Waals surface area contributed by atoms with Crippen molar-refractivity contribution in [3.8, 4) is 0 Å². The van der Waals surface area contributed by atoms with Gasteiger partial charge in [-0.3, -0.25) is 9.59 Å². The van der Waals surface area contributed by atoms with Gasteiger partial charge < -0.3 is 20.4 Å². The summed E-state index contributed by atoms with van der Waals surface area (Å²) < 4.78 is 0. The van der Waals surface area contributed by atoms with Crippen LogP contribution >= 0.6 is 0 Å². The molecule has 6 nitrogen and oxygen atoms in total. The van der Waals surface area contributed by atoms with E-state index >= 15 is 0 Å². The van der Waals surface area contributed by atoms with Crippen molar-refractivity contribution in [2.24, 2.45) is 0 Å². The van der Waals surface area contributed by atoms with E-state index in [1.54, 1.807) is 0 Å². The molecule has 0 aromatic heterocycles. The Bertz CT molecular complexity index is 357. The Hall–Kier alpha value is -1.14. The van der Waals surface area contributed by atoms with Gasteiger partial charge in [0.2, 0.25) is 0 Å². The lowest BCUT2D eigenvalue weighted by Gasteiger charge is -2.07. The van der Waals surface area contributed by atoms with Crippen molar-refractivity contribution in [1.82, 2.24) is 0 Å². The summed E-state index contributed by atoms with van der Waals surface area (Å²) in [6.07, 6.45) is 15.9. The molecule has 0 saturated heterocycles. The van der Waals surface area contributed by atoms with E-state index in [0.717, 1.165) is 12.8 Å². The van der Waals surface area contributed by atoms with Crippen molar-refractivity contribution in [2.45, 2.75) is 129 Å². The topological polar surface area (TPSA) is 115 Å². The summed E-state index contributed by atoms with van der Waals surface area (Å²) in [5.74, 6) is -1.87. The molecule has 0 radical (unpaired) electrons. The van der Waals surface area contributed by atoms with E-state index in [2.05, 4.69) is 6.92 Å². The SMILES string of the molecule is CC(O)CC(=O)O.CCCCCCCCCCCCCCCC(O)CC(=O)O. The van der Waals surface area contributed by atoms with Crippen LogP contribution in [0, 0.1) is 0 Å². The lowest BCUT2D eigenvalue weighted by atomic mass is 10.0. The Morgan fingerprint density at radius 2 is 1.00 bits per heavy atom. The van der Waals surface area contributed by atoms with Gasteiger partial charge in [-0.15, -0.1) is 0 Å². The number of carbonyl (C=O) groups is 2. The lowest BCUT2D eigenvalue weighted by molar-refractivity contribution is -0.140. The van der Waals surface area contributed by atoms with Crippen molar-refractivity contribution < 1.29 is 30.0 Å². The molecule has 0 aromatic carbocycles. The van der Waals surface area contributed by atoms with E-state index < -0.39 is 24.1 Å². The fraction of sp³-hybridized carbons (Fsp3) is 0.909. The Kier molecular flexibility index (Phi) is 23.0. The van der Waals surface area contributed by atoms with Crippen LogP contribution in [0.4, 0.5) is 0 Å². The Morgan fingerprint density at radius 1 is 0.643 bits per heavy atom. The van der Waals surface area contributed by atoms with Crippen LogP contribution in [0.5, 0.6) is 0 Å². The van der Waals surface area contributed by atoms with Crippen molar-refractivity contribution in [2.75, 3.05) is 0 Å². The number of rotatable bonds is 18. The van der Waals surface area contributed by atoms with Gasteiger partial charge in [-0.1, -0.05) is 90.4 Å². The molecule has 0 aromatic rings. The molecule has 0 fully saturated rings. The van der Waals surface area contributed by atoms with Crippen molar-refractivity contribution in [1.29, 1.82) is 0 Å². The lowest BCUT2D eigenvalue weighted by Crippen LogP contribution is -2.12. The zero-order valence-electron chi connectivity index (χ0n) is 18.1. The summed E-state index contributed by atoms with van der Waals surface area (Å²) in [5.41, 5.74) is 0. The van der Waals surface area contributed by atoms with Gasteiger partial charge in [-0.2, -0.15) is 0 Å². The molecule has 6 heteroatoms. The molecule has 0 rings (SSSR count). The van der Waals surface area contributed by atoms with Gasteiger partial charge in [0.25, 0.3) is 0 Å². The molecular weight excluding hydrogens is 360 g/mol. The smallest absolute Gasteiger partial charge is 0.305 e. The monoisotopic (exact) mass is 404 g/mol. The number of hydrogen-bond acceptors (Lipinski definition) is 4. The number of hydrogen-bond donors (Lipinski definition) is 4. The predicted molar refractivity (Wildman–Crippen MR) is 113 cm³/mol. The predicted octanol–water partition coefficient (Wildman–Crippen LogP) is 5.15. The third kappa shape index (κ3) is 29.6. The second-order valence-corrected chi connectivity index (χ2v) is 7.73. The molecule has 0 bridgehead atoms. The van der Waals surface area contributed by atoms with Gasteiger partial charge in [-0.05, 0) is 13.3 Å². The second kappa shape index (κ2) is 22.2. The van der Waals surface area contributed by atoms with Crippen LogP contribution < -0.4 is 0 Å².